The van der Waals surface area contributed by atoms with E-state index in [1.165, 1.54) is 0 Å². The number of nitrogens with one attached hydrogen (secondary N) is 2. The molecular formula is C22H24N10O. The summed E-state index contributed by atoms with van der Waals surface area (Å²) in [6, 6.07) is 4.01. The summed E-state index contributed by atoms with van der Waals surface area (Å²) in [6.07, 6.45) is 7.41. The second kappa shape index (κ2) is 7.85. The van der Waals surface area contributed by atoms with Crippen LogP contribution in [-0.2, 0) is 18.3 Å². The molecule has 5 aromatic rings. The molecule has 1 aliphatic rings. The standard InChI is InChI=1S/C22H24N10O/c1-14-3-4-23-21-20(14)27-18(28-21)12-24-16-9-19(31-5-7-33-8-6-31)29-32-17(11-25-22(16)32)15-10-26-30(2)13-15/h3-4,9-11,13,24H,5-8,12H2,1-2H3,(H,23,27,28). The van der Waals surface area contributed by atoms with Gasteiger partial charge in [-0.3, -0.25) is 4.68 Å². The van der Waals surface area contributed by atoms with Crippen LogP contribution in [0.25, 0.3) is 28.1 Å². The Bertz CT molecular complexity index is 1440. The molecule has 0 saturated carbocycles. The summed E-state index contributed by atoms with van der Waals surface area (Å²) in [5, 5.41) is 12.7. The Balaban J connectivity index is 1.39. The van der Waals surface area contributed by atoms with E-state index >= 15 is 0 Å². The van der Waals surface area contributed by atoms with Crippen molar-refractivity contribution < 1.29 is 4.74 Å². The van der Waals surface area contributed by atoms with Crippen LogP contribution in [0.5, 0.6) is 0 Å². The monoisotopic (exact) mass is 444 g/mol. The lowest BCUT2D eigenvalue weighted by atomic mass is 10.3. The van der Waals surface area contributed by atoms with E-state index in [9.17, 15) is 0 Å². The van der Waals surface area contributed by atoms with Gasteiger partial charge in [-0.15, -0.1) is 5.10 Å². The molecule has 5 aromatic heterocycles. The van der Waals surface area contributed by atoms with Gasteiger partial charge >= 0.3 is 0 Å². The highest BCUT2D eigenvalue weighted by Crippen LogP contribution is 2.28. The van der Waals surface area contributed by atoms with Gasteiger partial charge in [0.25, 0.3) is 0 Å². The number of nitrogens with zero attached hydrogens (tertiary/aromatic N) is 8. The van der Waals surface area contributed by atoms with Gasteiger partial charge < -0.3 is 19.9 Å². The number of H-pyrrole nitrogens is 1. The van der Waals surface area contributed by atoms with E-state index in [0.29, 0.717) is 19.8 Å². The quantitative estimate of drug-likeness (QED) is 0.424. The lowest BCUT2D eigenvalue weighted by Gasteiger charge is -2.28. The lowest BCUT2D eigenvalue weighted by molar-refractivity contribution is 0.122. The highest BCUT2D eigenvalue weighted by atomic mass is 16.5. The maximum absolute atomic E-state index is 5.53. The molecule has 33 heavy (non-hydrogen) atoms. The van der Waals surface area contributed by atoms with Crippen molar-refractivity contribution in [2.24, 2.45) is 7.05 Å². The average Bonchev–Trinajstić information content (AvgIpc) is 3.56. The van der Waals surface area contributed by atoms with Gasteiger partial charge in [-0.25, -0.2) is 19.5 Å². The Morgan fingerprint density at radius 2 is 2.06 bits per heavy atom. The zero-order valence-corrected chi connectivity index (χ0v) is 18.5. The Hall–Kier alpha value is -3.99. The van der Waals surface area contributed by atoms with Gasteiger partial charge in [0.05, 0.1) is 43.5 Å². The molecular weight excluding hydrogens is 420 g/mol. The third kappa shape index (κ3) is 3.55. The number of hydrogen-bond donors (Lipinski definition) is 2. The fraction of sp³-hybridized carbons (Fsp3) is 0.318. The summed E-state index contributed by atoms with van der Waals surface area (Å²) >= 11 is 0. The van der Waals surface area contributed by atoms with Crippen LogP contribution in [0.3, 0.4) is 0 Å². The van der Waals surface area contributed by atoms with Crippen molar-refractivity contribution >= 4 is 28.3 Å². The summed E-state index contributed by atoms with van der Waals surface area (Å²) in [5.74, 6) is 1.69. The van der Waals surface area contributed by atoms with Crippen LogP contribution < -0.4 is 10.2 Å². The van der Waals surface area contributed by atoms with Gasteiger partial charge in [-0.05, 0) is 18.6 Å². The molecule has 168 valence electrons. The maximum Gasteiger partial charge on any atom is 0.177 e. The van der Waals surface area contributed by atoms with Crippen LogP contribution in [-0.4, -0.2) is 65.6 Å². The predicted octanol–water partition coefficient (Wildman–Crippen LogP) is 2.16. The minimum atomic E-state index is 0.507. The van der Waals surface area contributed by atoms with Gasteiger partial charge in [-0.2, -0.15) is 5.10 Å². The predicted molar refractivity (Wildman–Crippen MR) is 124 cm³/mol. The number of fused-ring (bicyclic) bond motifs is 2. The molecule has 6 heterocycles. The molecule has 1 saturated heterocycles. The van der Waals surface area contributed by atoms with Crippen LogP contribution in [0.15, 0.2) is 36.9 Å². The summed E-state index contributed by atoms with van der Waals surface area (Å²) in [6.45, 7) is 5.51. The molecule has 11 nitrogen and oxygen atoms in total. The second-order valence-corrected chi connectivity index (χ2v) is 8.16. The van der Waals surface area contributed by atoms with E-state index in [4.69, 9.17) is 14.8 Å². The Morgan fingerprint density at radius 3 is 2.85 bits per heavy atom. The molecule has 11 heteroatoms. The van der Waals surface area contributed by atoms with E-state index in [1.54, 1.807) is 10.9 Å². The first kappa shape index (κ1) is 19.7. The number of aryl methyl sites for hydroxylation is 2. The number of rotatable bonds is 5. The first-order chi connectivity index (χ1) is 16.2. The molecule has 0 atom stereocenters. The van der Waals surface area contributed by atoms with Crippen LogP contribution in [0.1, 0.15) is 11.4 Å². The second-order valence-electron chi connectivity index (χ2n) is 8.16. The zero-order chi connectivity index (χ0) is 22.4. The van der Waals surface area contributed by atoms with Gasteiger partial charge in [0, 0.05) is 44.2 Å². The fourth-order valence-electron chi connectivity index (χ4n) is 4.13. The van der Waals surface area contributed by atoms with Gasteiger partial charge in [0.2, 0.25) is 0 Å². The first-order valence-electron chi connectivity index (χ1n) is 10.9. The third-order valence-electron chi connectivity index (χ3n) is 5.87. The van der Waals surface area contributed by atoms with Gasteiger partial charge in [0.1, 0.15) is 11.3 Å². The minimum absolute atomic E-state index is 0.507. The minimum Gasteiger partial charge on any atom is -0.378 e. The molecule has 0 bridgehead atoms. The molecule has 0 amide bonds. The highest BCUT2D eigenvalue weighted by Gasteiger charge is 2.19. The molecule has 2 N–H and O–H groups in total. The average molecular weight is 445 g/mol. The number of hydrogen-bond acceptors (Lipinski definition) is 8. The van der Waals surface area contributed by atoms with Gasteiger partial charge in [0.15, 0.2) is 17.1 Å². The maximum atomic E-state index is 5.53. The van der Waals surface area contributed by atoms with Crippen molar-refractivity contribution in [3.63, 3.8) is 0 Å². The summed E-state index contributed by atoms with van der Waals surface area (Å²) < 4.78 is 9.19. The number of aromatic nitrogens is 8. The van der Waals surface area contributed by atoms with Crippen LogP contribution in [0.2, 0.25) is 0 Å². The number of anilines is 2. The number of ether oxygens (including phenoxy) is 1. The van der Waals surface area contributed by atoms with Crippen molar-refractivity contribution in [2.75, 3.05) is 36.5 Å². The van der Waals surface area contributed by atoms with Crippen LogP contribution in [0.4, 0.5) is 11.5 Å². The number of morpholine rings is 1. The lowest BCUT2D eigenvalue weighted by Crippen LogP contribution is -2.37. The third-order valence-corrected chi connectivity index (χ3v) is 5.87. The van der Waals surface area contributed by atoms with Crippen molar-refractivity contribution in [2.45, 2.75) is 13.5 Å². The summed E-state index contributed by atoms with van der Waals surface area (Å²) in [7, 11) is 1.90. The first-order valence-corrected chi connectivity index (χ1v) is 10.9. The number of pyridine rings is 1. The fourth-order valence-corrected chi connectivity index (χ4v) is 4.13. The normalized spacial score (nSPS) is 14.4. The Morgan fingerprint density at radius 1 is 1.18 bits per heavy atom. The molecule has 1 aliphatic heterocycles. The molecule has 0 aliphatic carbocycles. The molecule has 6 rings (SSSR count). The number of imidazole rings is 2. The SMILES string of the molecule is Cc1ccnc2[nH]c(CNc3cc(N4CCOCC4)nn4c(-c5cnn(C)c5)cnc34)nc12. The van der Waals surface area contributed by atoms with E-state index < -0.39 is 0 Å². The van der Waals surface area contributed by atoms with Crippen molar-refractivity contribution in [1.29, 1.82) is 0 Å². The van der Waals surface area contributed by atoms with Crippen molar-refractivity contribution in [3.8, 4) is 11.3 Å². The molecule has 0 aromatic carbocycles. The summed E-state index contributed by atoms with van der Waals surface area (Å²) in [4.78, 5) is 19.3. The van der Waals surface area contributed by atoms with Crippen LogP contribution >= 0.6 is 0 Å². The van der Waals surface area contributed by atoms with E-state index in [1.807, 2.05) is 49.2 Å². The Kier molecular flexibility index (Phi) is 4.68. The molecule has 1 fully saturated rings. The zero-order valence-electron chi connectivity index (χ0n) is 18.5. The molecule has 0 unspecified atom stereocenters. The Labute approximate surface area is 189 Å². The smallest absolute Gasteiger partial charge is 0.177 e. The topological polar surface area (TPSA) is 114 Å². The van der Waals surface area contributed by atoms with Crippen molar-refractivity contribution in [3.05, 3.63) is 48.3 Å². The summed E-state index contributed by atoms with van der Waals surface area (Å²) in [5.41, 5.74) is 6.25. The van der Waals surface area contributed by atoms with Crippen molar-refractivity contribution in [1.82, 2.24) is 39.3 Å². The van der Waals surface area contributed by atoms with Crippen LogP contribution in [0, 0.1) is 6.92 Å². The molecule has 0 radical (unpaired) electrons. The van der Waals surface area contributed by atoms with E-state index in [2.05, 4.69) is 30.3 Å². The van der Waals surface area contributed by atoms with E-state index in [-0.39, 0.29) is 0 Å². The van der Waals surface area contributed by atoms with Gasteiger partial charge in [-0.1, -0.05) is 0 Å². The van der Waals surface area contributed by atoms with E-state index in [0.717, 1.165) is 64.1 Å². The highest BCUT2D eigenvalue weighted by molar-refractivity contribution is 5.76. The largest absolute Gasteiger partial charge is 0.378 e. The number of aromatic amines is 1. The molecule has 0 spiro atoms.